The van der Waals surface area contributed by atoms with E-state index in [-0.39, 0.29) is 24.5 Å². The molecule has 0 amide bonds. The van der Waals surface area contributed by atoms with Gasteiger partial charge >= 0.3 is 0 Å². The van der Waals surface area contributed by atoms with Gasteiger partial charge in [0.05, 0.1) is 30.6 Å². The number of benzene rings is 1. The number of fused-ring (bicyclic) bond motifs is 1. The molecule has 0 bridgehead atoms. The van der Waals surface area contributed by atoms with Crippen molar-refractivity contribution in [2.45, 2.75) is 44.4 Å². The number of hydrogen-bond donors (Lipinski definition) is 2. The number of nitrogens with one attached hydrogen (secondary N) is 1. The average Bonchev–Trinajstić information content (AvgIpc) is 3.17. The van der Waals surface area contributed by atoms with Gasteiger partial charge in [0.15, 0.2) is 0 Å². The van der Waals surface area contributed by atoms with Crippen molar-refractivity contribution in [3.63, 3.8) is 0 Å². The maximum atomic E-state index is 11.3. The number of rotatable bonds is 8. The second-order valence-electron chi connectivity index (χ2n) is 8.11. The first-order valence-corrected chi connectivity index (χ1v) is 12.6. The van der Waals surface area contributed by atoms with Gasteiger partial charge in [-0.25, -0.2) is 13.4 Å². The fraction of sp³-hybridized carbons (Fsp3) is 0.455. The highest BCUT2D eigenvalue weighted by molar-refractivity contribution is 7.90. The molecule has 1 saturated carbocycles. The summed E-state index contributed by atoms with van der Waals surface area (Å²) in [6.45, 7) is 0.524. The molecule has 166 valence electrons. The molecule has 2 heterocycles. The zero-order valence-corrected chi connectivity index (χ0v) is 18.4. The van der Waals surface area contributed by atoms with E-state index < -0.39 is 9.84 Å². The van der Waals surface area contributed by atoms with Gasteiger partial charge in [-0.2, -0.15) is 4.98 Å². The standard InChI is InChI=1S/C22H28N4O4S/c1-31(28,29)14-13-30-15-16-3-2-4-20-19(16)10-12-26(20)21-9-11-23-22(25-21)24-17-5-7-18(27)8-6-17/h2-4,9-12,17-18,27H,5-8,13-15H2,1H3,(H,23,24,25)/t17-,18-. The van der Waals surface area contributed by atoms with Crippen molar-refractivity contribution in [1.82, 2.24) is 14.5 Å². The number of ether oxygens (including phenoxy) is 1. The van der Waals surface area contributed by atoms with Crippen molar-refractivity contribution in [1.29, 1.82) is 0 Å². The zero-order chi connectivity index (χ0) is 21.8. The van der Waals surface area contributed by atoms with Crippen LogP contribution in [0.5, 0.6) is 0 Å². The number of nitrogens with zero attached hydrogens (tertiary/aromatic N) is 3. The van der Waals surface area contributed by atoms with Gasteiger partial charge in [0, 0.05) is 30.1 Å². The molecule has 0 aliphatic heterocycles. The molecule has 2 aromatic heterocycles. The van der Waals surface area contributed by atoms with Crippen molar-refractivity contribution in [2.24, 2.45) is 0 Å². The minimum atomic E-state index is -3.03. The van der Waals surface area contributed by atoms with Crippen molar-refractivity contribution in [3.8, 4) is 5.82 Å². The summed E-state index contributed by atoms with van der Waals surface area (Å²) in [5, 5.41) is 14.1. The van der Waals surface area contributed by atoms with Crippen LogP contribution in [-0.4, -0.2) is 58.8 Å². The third kappa shape index (κ3) is 5.61. The Morgan fingerprint density at radius 1 is 1.19 bits per heavy atom. The number of aliphatic hydroxyl groups is 1. The Hall–Kier alpha value is -2.49. The third-order valence-corrected chi connectivity index (χ3v) is 6.51. The number of sulfone groups is 1. The van der Waals surface area contributed by atoms with E-state index in [2.05, 4.69) is 10.3 Å². The molecule has 0 spiro atoms. The minimum Gasteiger partial charge on any atom is -0.393 e. The summed E-state index contributed by atoms with van der Waals surface area (Å²) >= 11 is 0. The Morgan fingerprint density at radius 2 is 2.00 bits per heavy atom. The number of aromatic nitrogens is 3. The molecule has 31 heavy (non-hydrogen) atoms. The summed E-state index contributed by atoms with van der Waals surface area (Å²) in [7, 11) is -3.03. The fourth-order valence-corrected chi connectivity index (χ4v) is 4.33. The molecular formula is C22H28N4O4S. The molecule has 0 atom stereocenters. The number of anilines is 1. The maximum Gasteiger partial charge on any atom is 0.224 e. The second kappa shape index (κ2) is 9.33. The van der Waals surface area contributed by atoms with Gasteiger partial charge in [0.1, 0.15) is 15.7 Å². The van der Waals surface area contributed by atoms with Crippen LogP contribution in [0.15, 0.2) is 42.7 Å². The van der Waals surface area contributed by atoms with E-state index in [1.54, 1.807) is 6.20 Å². The summed E-state index contributed by atoms with van der Waals surface area (Å²) in [4.78, 5) is 9.05. The highest BCUT2D eigenvalue weighted by Crippen LogP contribution is 2.25. The molecule has 8 nitrogen and oxygen atoms in total. The Balaban J connectivity index is 1.50. The van der Waals surface area contributed by atoms with Crippen LogP contribution in [0, 0.1) is 0 Å². The van der Waals surface area contributed by atoms with Crippen LogP contribution in [0.4, 0.5) is 5.95 Å². The monoisotopic (exact) mass is 444 g/mol. The lowest BCUT2D eigenvalue weighted by Crippen LogP contribution is -2.29. The molecule has 2 N–H and O–H groups in total. The molecule has 0 radical (unpaired) electrons. The predicted octanol–water partition coefficient (Wildman–Crippen LogP) is 2.70. The Bertz CT molecular complexity index is 1140. The van der Waals surface area contributed by atoms with E-state index in [1.807, 2.05) is 41.1 Å². The Labute approximate surface area is 182 Å². The van der Waals surface area contributed by atoms with Crippen LogP contribution in [0.3, 0.4) is 0 Å². The summed E-state index contributed by atoms with van der Waals surface area (Å²) in [5.41, 5.74) is 1.99. The highest BCUT2D eigenvalue weighted by atomic mass is 32.2. The quantitative estimate of drug-likeness (QED) is 0.515. The van der Waals surface area contributed by atoms with E-state index in [4.69, 9.17) is 9.72 Å². The van der Waals surface area contributed by atoms with Gasteiger partial charge in [-0.3, -0.25) is 0 Å². The van der Waals surface area contributed by atoms with Crippen LogP contribution in [0.1, 0.15) is 31.2 Å². The van der Waals surface area contributed by atoms with Crippen LogP contribution in [0.2, 0.25) is 0 Å². The topological polar surface area (TPSA) is 106 Å². The normalized spacial score (nSPS) is 19.5. The van der Waals surface area contributed by atoms with Crippen molar-refractivity contribution < 1.29 is 18.3 Å². The second-order valence-corrected chi connectivity index (χ2v) is 10.4. The van der Waals surface area contributed by atoms with E-state index in [0.29, 0.717) is 12.6 Å². The summed E-state index contributed by atoms with van der Waals surface area (Å²) in [5.74, 6) is 1.36. The predicted molar refractivity (Wildman–Crippen MR) is 120 cm³/mol. The molecule has 3 aromatic rings. The number of aliphatic hydroxyl groups excluding tert-OH is 1. The summed E-state index contributed by atoms with van der Waals surface area (Å²) in [6, 6.07) is 10.1. The Morgan fingerprint density at radius 3 is 2.77 bits per heavy atom. The molecule has 9 heteroatoms. The lowest BCUT2D eigenvalue weighted by molar-refractivity contribution is 0.126. The van der Waals surface area contributed by atoms with E-state index in [1.165, 1.54) is 6.26 Å². The largest absolute Gasteiger partial charge is 0.393 e. The zero-order valence-electron chi connectivity index (χ0n) is 17.6. The summed E-state index contributed by atoms with van der Waals surface area (Å²) in [6.07, 6.45) is 8.14. The molecular weight excluding hydrogens is 416 g/mol. The maximum absolute atomic E-state index is 11.3. The van der Waals surface area contributed by atoms with Crippen LogP contribution >= 0.6 is 0 Å². The molecule has 1 aromatic carbocycles. The van der Waals surface area contributed by atoms with Crippen molar-refractivity contribution >= 4 is 26.7 Å². The van der Waals surface area contributed by atoms with Crippen LogP contribution in [0.25, 0.3) is 16.7 Å². The highest BCUT2D eigenvalue weighted by Gasteiger charge is 2.20. The van der Waals surface area contributed by atoms with Crippen molar-refractivity contribution in [2.75, 3.05) is 23.9 Å². The van der Waals surface area contributed by atoms with Gasteiger partial charge < -0.3 is 19.7 Å². The van der Waals surface area contributed by atoms with Crippen LogP contribution < -0.4 is 5.32 Å². The van der Waals surface area contributed by atoms with Gasteiger partial charge in [0.2, 0.25) is 5.95 Å². The fourth-order valence-electron chi connectivity index (χ4n) is 3.91. The van der Waals surface area contributed by atoms with Gasteiger partial charge in [-0.05, 0) is 49.4 Å². The lowest BCUT2D eigenvalue weighted by Gasteiger charge is -2.26. The van der Waals surface area contributed by atoms with Gasteiger partial charge in [-0.15, -0.1) is 0 Å². The SMILES string of the molecule is CS(=O)(=O)CCOCc1cccc2c1ccn2-c1ccnc(N[C@H]2CC[C@H](O)CC2)n1. The number of hydrogen-bond acceptors (Lipinski definition) is 7. The molecule has 4 rings (SSSR count). The molecule has 0 saturated heterocycles. The van der Waals surface area contributed by atoms with E-state index >= 15 is 0 Å². The smallest absolute Gasteiger partial charge is 0.224 e. The van der Waals surface area contributed by atoms with E-state index in [9.17, 15) is 13.5 Å². The first-order valence-electron chi connectivity index (χ1n) is 10.5. The molecule has 1 fully saturated rings. The summed E-state index contributed by atoms with van der Waals surface area (Å²) < 4.78 is 30.1. The molecule has 0 unspecified atom stereocenters. The van der Waals surface area contributed by atoms with Gasteiger partial charge in [0.25, 0.3) is 0 Å². The molecule has 1 aliphatic rings. The minimum absolute atomic E-state index is 0.0145. The van der Waals surface area contributed by atoms with Gasteiger partial charge in [-0.1, -0.05) is 12.1 Å². The van der Waals surface area contributed by atoms with Crippen LogP contribution in [-0.2, 0) is 21.2 Å². The first-order chi connectivity index (χ1) is 14.9. The van der Waals surface area contributed by atoms with E-state index in [0.717, 1.165) is 48.0 Å². The molecule has 1 aliphatic carbocycles. The van der Waals surface area contributed by atoms with Crippen molar-refractivity contribution in [3.05, 3.63) is 48.3 Å². The Kier molecular flexibility index (Phi) is 6.54. The lowest BCUT2D eigenvalue weighted by atomic mass is 9.93. The average molecular weight is 445 g/mol. The third-order valence-electron chi connectivity index (χ3n) is 5.60. The first kappa shape index (κ1) is 21.7.